The number of nitrogens with zero attached hydrogens (tertiary/aromatic N) is 1. The quantitative estimate of drug-likeness (QED) is 0.764. The summed E-state index contributed by atoms with van der Waals surface area (Å²) in [7, 11) is 0.982. The second-order valence-electron chi connectivity index (χ2n) is 4.35. The molecule has 1 N–H and O–H groups in total. The molecule has 0 saturated carbocycles. The summed E-state index contributed by atoms with van der Waals surface area (Å²) in [5.74, 6) is 1.66. The monoisotopic (exact) mass is 270 g/mol. The number of ether oxygens (including phenoxy) is 1. The second kappa shape index (κ2) is 7.48. The van der Waals surface area contributed by atoms with E-state index in [0.29, 0.717) is 0 Å². The van der Waals surface area contributed by atoms with Gasteiger partial charge in [0.05, 0.1) is 12.8 Å². The van der Waals surface area contributed by atoms with Crippen LogP contribution in [0.4, 0.5) is 0 Å². The van der Waals surface area contributed by atoms with E-state index < -0.39 is 10.8 Å². The third-order valence-corrected chi connectivity index (χ3v) is 3.69. The van der Waals surface area contributed by atoms with Gasteiger partial charge in [-0.3, -0.25) is 9.19 Å². The Morgan fingerprint density at radius 2 is 2.17 bits per heavy atom. The van der Waals surface area contributed by atoms with Gasteiger partial charge in [-0.25, -0.2) is 0 Å². The van der Waals surface area contributed by atoms with Crippen molar-refractivity contribution in [1.29, 1.82) is 0 Å². The van der Waals surface area contributed by atoms with E-state index in [4.69, 9.17) is 4.74 Å². The van der Waals surface area contributed by atoms with Crippen molar-refractivity contribution in [3.8, 4) is 5.75 Å². The standard InChI is InChI=1S/C13H22N2O2S/c1-10-8-15-12(11(2)13(10)17-3)9-14-6-5-7-18(4)16/h8,14H,5-7,9H2,1-4H3. The number of aromatic nitrogens is 1. The number of rotatable bonds is 7. The van der Waals surface area contributed by atoms with Crippen molar-refractivity contribution in [2.45, 2.75) is 26.8 Å². The lowest BCUT2D eigenvalue weighted by Gasteiger charge is -2.12. The van der Waals surface area contributed by atoms with E-state index in [2.05, 4.69) is 10.3 Å². The molecule has 0 aliphatic rings. The van der Waals surface area contributed by atoms with Crippen molar-refractivity contribution < 1.29 is 8.95 Å². The van der Waals surface area contributed by atoms with Gasteiger partial charge in [-0.1, -0.05) is 0 Å². The zero-order valence-corrected chi connectivity index (χ0v) is 12.4. The van der Waals surface area contributed by atoms with Crippen molar-refractivity contribution in [1.82, 2.24) is 10.3 Å². The normalized spacial score (nSPS) is 12.4. The van der Waals surface area contributed by atoms with E-state index >= 15 is 0 Å². The zero-order valence-electron chi connectivity index (χ0n) is 11.6. The van der Waals surface area contributed by atoms with Crippen LogP contribution in [0.3, 0.4) is 0 Å². The van der Waals surface area contributed by atoms with Gasteiger partial charge < -0.3 is 10.1 Å². The molecular formula is C13H22N2O2S. The number of pyridine rings is 1. The maximum absolute atomic E-state index is 10.9. The summed E-state index contributed by atoms with van der Waals surface area (Å²) < 4.78 is 16.3. The molecule has 1 rings (SSSR count). The first kappa shape index (κ1) is 15.1. The van der Waals surface area contributed by atoms with E-state index in [1.54, 1.807) is 13.4 Å². The fourth-order valence-corrected chi connectivity index (χ4v) is 2.41. The number of aryl methyl sites for hydroxylation is 1. The van der Waals surface area contributed by atoms with Crippen molar-refractivity contribution in [2.75, 3.05) is 25.7 Å². The van der Waals surface area contributed by atoms with Gasteiger partial charge in [-0.05, 0) is 26.8 Å². The molecular weight excluding hydrogens is 248 g/mol. The highest BCUT2D eigenvalue weighted by Gasteiger charge is 2.08. The predicted octanol–water partition coefficient (Wildman–Crippen LogP) is 1.57. The molecule has 1 unspecified atom stereocenters. The van der Waals surface area contributed by atoms with E-state index in [9.17, 15) is 4.21 Å². The van der Waals surface area contributed by atoms with Crippen molar-refractivity contribution in [3.05, 3.63) is 23.0 Å². The van der Waals surface area contributed by atoms with Gasteiger partial charge in [0.25, 0.3) is 0 Å². The van der Waals surface area contributed by atoms with Gasteiger partial charge >= 0.3 is 0 Å². The Kier molecular flexibility index (Phi) is 6.29. The van der Waals surface area contributed by atoms with E-state index in [1.807, 2.05) is 20.0 Å². The molecule has 1 aromatic heterocycles. The minimum atomic E-state index is -0.702. The Hall–Kier alpha value is -0.940. The molecule has 1 atom stereocenters. The molecule has 1 heterocycles. The minimum Gasteiger partial charge on any atom is -0.496 e. The van der Waals surface area contributed by atoms with Crippen molar-refractivity contribution >= 4 is 10.8 Å². The smallest absolute Gasteiger partial charge is 0.128 e. The maximum Gasteiger partial charge on any atom is 0.128 e. The Bertz CT molecular complexity index is 422. The second-order valence-corrected chi connectivity index (χ2v) is 5.91. The van der Waals surface area contributed by atoms with Gasteiger partial charge in [0, 0.05) is 46.7 Å². The largest absolute Gasteiger partial charge is 0.496 e. The predicted molar refractivity (Wildman–Crippen MR) is 75.5 cm³/mol. The van der Waals surface area contributed by atoms with Gasteiger partial charge in [0.15, 0.2) is 0 Å². The maximum atomic E-state index is 10.9. The van der Waals surface area contributed by atoms with Crippen LogP contribution in [0.5, 0.6) is 5.75 Å². The SMILES string of the molecule is COc1c(C)cnc(CNCCCS(C)=O)c1C. The molecule has 0 amide bonds. The van der Waals surface area contributed by atoms with Crippen molar-refractivity contribution in [2.24, 2.45) is 0 Å². The van der Waals surface area contributed by atoms with Gasteiger partial charge in [-0.2, -0.15) is 0 Å². The first-order chi connectivity index (χ1) is 8.56. The fourth-order valence-electron chi connectivity index (χ4n) is 1.86. The summed E-state index contributed by atoms with van der Waals surface area (Å²) in [5.41, 5.74) is 3.15. The lowest BCUT2D eigenvalue weighted by molar-refractivity contribution is 0.406. The number of methoxy groups -OCH3 is 1. The first-order valence-electron chi connectivity index (χ1n) is 6.06. The summed E-state index contributed by atoms with van der Waals surface area (Å²) in [6.07, 6.45) is 4.49. The van der Waals surface area contributed by atoms with Crippen molar-refractivity contribution in [3.63, 3.8) is 0 Å². The van der Waals surface area contributed by atoms with Crippen LogP contribution in [0.2, 0.25) is 0 Å². The molecule has 0 aliphatic carbocycles. The molecule has 1 aromatic rings. The highest BCUT2D eigenvalue weighted by molar-refractivity contribution is 7.84. The summed E-state index contributed by atoms with van der Waals surface area (Å²) >= 11 is 0. The molecule has 102 valence electrons. The Labute approximate surface area is 112 Å². The van der Waals surface area contributed by atoms with Crippen LogP contribution >= 0.6 is 0 Å². The molecule has 0 fully saturated rings. The van der Waals surface area contributed by atoms with E-state index in [1.165, 1.54) is 0 Å². The van der Waals surface area contributed by atoms with Crippen LogP contribution in [0.1, 0.15) is 23.2 Å². The molecule has 0 spiro atoms. The molecule has 0 radical (unpaired) electrons. The van der Waals surface area contributed by atoms with E-state index in [0.717, 1.165) is 47.8 Å². The Morgan fingerprint density at radius 1 is 1.44 bits per heavy atom. The van der Waals surface area contributed by atoms with Gasteiger partial charge in [-0.15, -0.1) is 0 Å². The zero-order chi connectivity index (χ0) is 13.5. The molecule has 5 heteroatoms. The summed E-state index contributed by atoms with van der Waals surface area (Å²) in [6.45, 7) is 5.60. The molecule has 4 nitrogen and oxygen atoms in total. The number of nitrogens with one attached hydrogen (secondary N) is 1. The highest BCUT2D eigenvalue weighted by Crippen LogP contribution is 2.23. The van der Waals surface area contributed by atoms with Crippen LogP contribution in [-0.2, 0) is 17.3 Å². The summed E-state index contributed by atoms with van der Waals surface area (Å²) in [6, 6.07) is 0. The average Bonchev–Trinajstić information content (AvgIpc) is 2.31. The molecule has 0 aromatic carbocycles. The topological polar surface area (TPSA) is 51.2 Å². The summed E-state index contributed by atoms with van der Waals surface area (Å²) in [4.78, 5) is 4.42. The molecule has 0 saturated heterocycles. The lowest BCUT2D eigenvalue weighted by atomic mass is 10.1. The van der Waals surface area contributed by atoms with Crippen LogP contribution in [0.15, 0.2) is 6.20 Å². The fraction of sp³-hybridized carbons (Fsp3) is 0.615. The highest BCUT2D eigenvalue weighted by atomic mass is 32.2. The number of hydrogen-bond donors (Lipinski definition) is 1. The minimum absolute atomic E-state index is 0.702. The summed E-state index contributed by atoms with van der Waals surface area (Å²) in [5, 5.41) is 3.32. The lowest BCUT2D eigenvalue weighted by Crippen LogP contribution is -2.18. The van der Waals surface area contributed by atoms with Crippen LogP contribution in [0.25, 0.3) is 0 Å². The average molecular weight is 270 g/mol. The molecule has 18 heavy (non-hydrogen) atoms. The Balaban J connectivity index is 2.50. The number of hydrogen-bond acceptors (Lipinski definition) is 4. The molecule has 0 aliphatic heterocycles. The third-order valence-electron chi connectivity index (χ3n) is 2.83. The van der Waals surface area contributed by atoms with Crippen LogP contribution in [-0.4, -0.2) is 34.9 Å². The third kappa shape index (κ3) is 4.38. The van der Waals surface area contributed by atoms with Crippen LogP contribution in [0, 0.1) is 13.8 Å². The first-order valence-corrected chi connectivity index (χ1v) is 7.78. The van der Waals surface area contributed by atoms with E-state index in [-0.39, 0.29) is 0 Å². The Morgan fingerprint density at radius 3 is 2.78 bits per heavy atom. The van der Waals surface area contributed by atoms with Gasteiger partial charge in [0.2, 0.25) is 0 Å². The van der Waals surface area contributed by atoms with Gasteiger partial charge in [0.1, 0.15) is 5.75 Å². The van der Waals surface area contributed by atoms with Crippen LogP contribution < -0.4 is 10.1 Å². The molecule has 0 bridgehead atoms.